The average molecular weight is 278 g/mol. The van der Waals surface area contributed by atoms with Crippen LogP contribution in [0.25, 0.3) is 0 Å². The Hall–Kier alpha value is -1.13. The highest BCUT2D eigenvalue weighted by molar-refractivity contribution is 5.29. The monoisotopic (exact) mass is 278 g/mol. The molecule has 3 rings (SSSR count). The fraction of sp³-hybridized carbons (Fsp3) is 0.625. The Bertz CT molecular complexity index is 442. The van der Waals surface area contributed by atoms with Crippen LogP contribution >= 0.6 is 0 Å². The number of halogens is 1. The van der Waals surface area contributed by atoms with Crippen LogP contribution in [-0.2, 0) is 6.54 Å². The zero-order chi connectivity index (χ0) is 13.8. The largest absolute Gasteiger partial charge is 0.493 e. The van der Waals surface area contributed by atoms with E-state index in [9.17, 15) is 4.39 Å². The first-order chi connectivity index (χ1) is 9.79. The molecule has 0 atom stereocenters. The van der Waals surface area contributed by atoms with Gasteiger partial charge in [0.05, 0.1) is 6.61 Å². The number of nitrogens with one attached hydrogen (secondary N) is 1. The van der Waals surface area contributed by atoms with Crippen LogP contribution in [0.2, 0.25) is 0 Å². The maximum atomic E-state index is 13.7. The van der Waals surface area contributed by atoms with Crippen molar-refractivity contribution < 1.29 is 9.13 Å². The number of nitrogens with zero attached hydrogens (tertiary/aromatic N) is 1. The minimum absolute atomic E-state index is 0.193. The fourth-order valence-electron chi connectivity index (χ4n) is 2.80. The lowest BCUT2D eigenvalue weighted by Gasteiger charge is -2.27. The molecular weight excluding hydrogens is 255 g/mol. The molecule has 0 bridgehead atoms. The number of ether oxygens (including phenoxy) is 1. The maximum Gasteiger partial charge on any atom is 0.127 e. The van der Waals surface area contributed by atoms with Gasteiger partial charge < -0.3 is 10.1 Å². The normalized spacial score (nSPS) is 20.6. The minimum atomic E-state index is -0.193. The molecule has 3 nitrogen and oxygen atoms in total. The molecule has 1 heterocycles. The van der Waals surface area contributed by atoms with E-state index in [0.717, 1.165) is 44.9 Å². The van der Waals surface area contributed by atoms with Crippen LogP contribution in [0.3, 0.4) is 0 Å². The third-order valence-corrected chi connectivity index (χ3v) is 4.26. The first kappa shape index (κ1) is 13.8. The first-order valence-corrected chi connectivity index (χ1v) is 7.65. The predicted molar refractivity (Wildman–Crippen MR) is 77.4 cm³/mol. The van der Waals surface area contributed by atoms with E-state index in [0.29, 0.717) is 11.7 Å². The Morgan fingerprint density at radius 3 is 2.70 bits per heavy atom. The number of hydrogen-bond donors (Lipinski definition) is 1. The highest BCUT2D eigenvalue weighted by atomic mass is 19.1. The molecule has 4 heteroatoms. The highest BCUT2D eigenvalue weighted by Gasteiger charge is 2.18. The molecule has 1 saturated heterocycles. The SMILES string of the molecule is Fc1cc(CN2CCNCC2)cc(OCC2CCC2)c1. The van der Waals surface area contributed by atoms with Crippen molar-refractivity contribution in [3.8, 4) is 5.75 Å². The molecule has 20 heavy (non-hydrogen) atoms. The number of rotatable bonds is 5. The van der Waals surface area contributed by atoms with Crippen molar-refractivity contribution in [3.05, 3.63) is 29.6 Å². The number of hydrogen-bond acceptors (Lipinski definition) is 3. The van der Waals surface area contributed by atoms with Crippen molar-refractivity contribution in [2.75, 3.05) is 32.8 Å². The van der Waals surface area contributed by atoms with Crippen LogP contribution in [0.5, 0.6) is 5.75 Å². The van der Waals surface area contributed by atoms with Crippen LogP contribution in [0.1, 0.15) is 24.8 Å². The van der Waals surface area contributed by atoms with E-state index >= 15 is 0 Å². The Morgan fingerprint density at radius 1 is 1.20 bits per heavy atom. The summed E-state index contributed by atoms with van der Waals surface area (Å²) in [6.07, 6.45) is 3.82. The summed E-state index contributed by atoms with van der Waals surface area (Å²) in [4.78, 5) is 2.35. The lowest BCUT2D eigenvalue weighted by Crippen LogP contribution is -2.42. The van der Waals surface area contributed by atoms with Gasteiger partial charge in [-0.05, 0) is 36.5 Å². The maximum absolute atomic E-state index is 13.7. The van der Waals surface area contributed by atoms with Crippen molar-refractivity contribution in [1.82, 2.24) is 10.2 Å². The summed E-state index contributed by atoms with van der Waals surface area (Å²) >= 11 is 0. The standard InChI is InChI=1S/C16H23FN2O/c17-15-8-14(11-19-6-4-18-5-7-19)9-16(10-15)20-12-13-2-1-3-13/h8-10,13,18H,1-7,11-12H2. The molecule has 1 saturated carbocycles. The number of benzene rings is 1. The molecular formula is C16H23FN2O. The van der Waals surface area contributed by atoms with Crippen molar-refractivity contribution >= 4 is 0 Å². The molecule has 0 radical (unpaired) electrons. The predicted octanol–water partition coefficient (Wildman–Crippen LogP) is 2.41. The van der Waals surface area contributed by atoms with Crippen molar-refractivity contribution in [3.63, 3.8) is 0 Å². The van der Waals surface area contributed by atoms with Crippen LogP contribution in [-0.4, -0.2) is 37.7 Å². The second-order valence-electron chi connectivity index (χ2n) is 5.93. The summed E-state index contributed by atoms with van der Waals surface area (Å²) in [5.74, 6) is 1.16. The van der Waals surface area contributed by atoms with Crippen LogP contribution < -0.4 is 10.1 Å². The summed E-state index contributed by atoms with van der Waals surface area (Å²) < 4.78 is 19.4. The molecule has 0 amide bonds. The van der Waals surface area contributed by atoms with Gasteiger partial charge in [0.25, 0.3) is 0 Å². The molecule has 1 aliphatic heterocycles. The van der Waals surface area contributed by atoms with Crippen molar-refractivity contribution in [1.29, 1.82) is 0 Å². The molecule has 0 aromatic heterocycles. The molecule has 110 valence electrons. The van der Waals surface area contributed by atoms with E-state index in [1.54, 1.807) is 6.07 Å². The lowest BCUT2D eigenvalue weighted by atomic mass is 9.86. The molecule has 0 spiro atoms. The van der Waals surface area contributed by atoms with E-state index in [2.05, 4.69) is 10.2 Å². The topological polar surface area (TPSA) is 24.5 Å². The van der Waals surface area contributed by atoms with Gasteiger partial charge in [-0.2, -0.15) is 0 Å². The highest BCUT2D eigenvalue weighted by Crippen LogP contribution is 2.27. The lowest BCUT2D eigenvalue weighted by molar-refractivity contribution is 0.179. The molecule has 1 aliphatic carbocycles. The van der Waals surface area contributed by atoms with Crippen molar-refractivity contribution in [2.45, 2.75) is 25.8 Å². The fourth-order valence-corrected chi connectivity index (χ4v) is 2.80. The van der Waals surface area contributed by atoms with E-state index in [1.807, 2.05) is 6.07 Å². The molecule has 2 fully saturated rings. The van der Waals surface area contributed by atoms with E-state index in [1.165, 1.54) is 25.3 Å². The van der Waals surface area contributed by atoms with E-state index in [4.69, 9.17) is 4.74 Å². The quantitative estimate of drug-likeness (QED) is 0.895. The van der Waals surface area contributed by atoms with Crippen molar-refractivity contribution in [2.24, 2.45) is 5.92 Å². The van der Waals surface area contributed by atoms with Gasteiger partial charge in [0, 0.05) is 38.8 Å². The second kappa shape index (κ2) is 6.55. The molecule has 1 N–H and O–H groups in total. The van der Waals surface area contributed by atoms with E-state index < -0.39 is 0 Å². The van der Waals surface area contributed by atoms with Gasteiger partial charge in [0.1, 0.15) is 11.6 Å². The van der Waals surface area contributed by atoms with Gasteiger partial charge in [0.2, 0.25) is 0 Å². The zero-order valence-corrected chi connectivity index (χ0v) is 11.9. The summed E-state index contributed by atoms with van der Waals surface area (Å²) in [6.45, 7) is 5.61. The average Bonchev–Trinajstić information content (AvgIpc) is 2.37. The third kappa shape index (κ3) is 3.70. The Labute approximate surface area is 120 Å². The Kier molecular flexibility index (Phi) is 4.53. The van der Waals surface area contributed by atoms with Gasteiger partial charge in [0.15, 0.2) is 0 Å². The Balaban J connectivity index is 1.59. The summed E-state index contributed by atoms with van der Waals surface area (Å²) in [7, 11) is 0. The number of piperazine rings is 1. The molecule has 1 aromatic carbocycles. The van der Waals surface area contributed by atoms with Crippen LogP contribution in [0.15, 0.2) is 18.2 Å². The van der Waals surface area contributed by atoms with Gasteiger partial charge >= 0.3 is 0 Å². The molecule has 1 aromatic rings. The van der Waals surface area contributed by atoms with Crippen LogP contribution in [0, 0.1) is 11.7 Å². The zero-order valence-electron chi connectivity index (χ0n) is 11.9. The first-order valence-electron chi connectivity index (χ1n) is 7.65. The van der Waals surface area contributed by atoms with Gasteiger partial charge in [-0.3, -0.25) is 4.90 Å². The smallest absolute Gasteiger partial charge is 0.127 e. The van der Waals surface area contributed by atoms with Gasteiger partial charge in [-0.1, -0.05) is 6.42 Å². The summed E-state index contributed by atoms with van der Waals surface area (Å²) in [5.41, 5.74) is 1.01. The van der Waals surface area contributed by atoms with Crippen LogP contribution in [0.4, 0.5) is 4.39 Å². The second-order valence-corrected chi connectivity index (χ2v) is 5.93. The Morgan fingerprint density at radius 2 is 2.00 bits per heavy atom. The van der Waals surface area contributed by atoms with Gasteiger partial charge in [-0.25, -0.2) is 4.39 Å². The minimum Gasteiger partial charge on any atom is -0.493 e. The summed E-state index contributed by atoms with van der Waals surface area (Å²) in [6, 6.07) is 5.11. The van der Waals surface area contributed by atoms with E-state index in [-0.39, 0.29) is 5.82 Å². The molecule has 2 aliphatic rings. The van der Waals surface area contributed by atoms with Gasteiger partial charge in [-0.15, -0.1) is 0 Å². The summed E-state index contributed by atoms with van der Waals surface area (Å²) in [5, 5.41) is 3.33. The third-order valence-electron chi connectivity index (χ3n) is 4.26. The molecule has 0 unspecified atom stereocenters.